The number of amides is 1. The molecule has 1 fully saturated rings. The summed E-state index contributed by atoms with van der Waals surface area (Å²) in [6.07, 6.45) is -0.151. The highest BCUT2D eigenvalue weighted by Crippen LogP contribution is 2.35. The number of carbonyl (C=O) groups is 1. The highest BCUT2D eigenvalue weighted by molar-refractivity contribution is 7.17. The Bertz CT molecular complexity index is 1550. The lowest BCUT2D eigenvalue weighted by Gasteiger charge is -2.25. The number of imidazole rings is 1. The van der Waals surface area contributed by atoms with E-state index < -0.39 is 35.9 Å². The molecule has 0 saturated carbocycles. The van der Waals surface area contributed by atoms with Crippen LogP contribution in [0.2, 0.25) is 0 Å². The molecule has 5 rings (SSSR count). The van der Waals surface area contributed by atoms with Gasteiger partial charge in [-0.1, -0.05) is 19.1 Å². The molecule has 1 aliphatic heterocycles. The maximum atomic E-state index is 13.9. The van der Waals surface area contributed by atoms with Gasteiger partial charge in [-0.05, 0) is 23.9 Å². The van der Waals surface area contributed by atoms with Crippen molar-refractivity contribution in [3.05, 3.63) is 61.9 Å². The van der Waals surface area contributed by atoms with Crippen LogP contribution in [0.4, 0.5) is 0 Å². The van der Waals surface area contributed by atoms with Gasteiger partial charge in [-0.15, -0.1) is 11.3 Å². The molecule has 0 bridgehead atoms. The molecule has 11 nitrogen and oxygen atoms in total. The minimum atomic E-state index is -1.12. The monoisotopic (exact) mass is 499 g/mol. The van der Waals surface area contributed by atoms with E-state index in [1.807, 2.05) is 6.92 Å². The lowest BCUT2D eigenvalue weighted by atomic mass is 10.1. The number of hydroxylamine groups is 2. The van der Waals surface area contributed by atoms with Crippen molar-refractivity contribution in [2.45, 2.75) is 38.6 Å². The number of aliphatic hydroxyl groups excluding tert-OH is 2. The molecule has 0 radical (unpaired) electrons. The largest absolute Gasteiger partial charge is 0.389 e. The molecule has 1 amide bonds. The van der Waals surface area contributed by atoms with E-state index in [1.54, 1.807) is 38.8 Å². The van der Waals surface area contributed by atoms with Gasteiger partial charge in [-0.3, -0.25) is 23.6 Å². The molecule has 3 aromatic heterocycles. The molecule has 0 aliphatic carbocycles. The zero-order valence-electron chi connectivity index (χ0n) is 19.2. The molecule has 184 valence electrons. The van der Waals surface area contributed by atoms with Crippen molar-refractivity contribution in [1.29, 1.82) is 0 Å². The third kappa shape index (κ3) is 3.69. The average Bonchev–Trinajstić information content (AvgIpc) is 3.58. The normalized spacial score (nSPS) is 17.0. The molecule has 1 saturated heterocycles. The molecule has 2 atom stereocenters. The summed E-state index contributed by atoms with van der Waals surface area (Å²) >= 11 is 1.21. The maximum Gasteiger partial charge on any atom is 0.331 e. The summed E-state index contributed by atoms with van der Waals surface area (Å²) in [6.45, 7) is 1.85. The van der Waals surface area contributed by atoms with E-state index in [1.165, 1.54) is 18.4 Å². The third-order valence-electron chi connectivity index (χ3n) is 6.17. The van der Waals surface area contributed by atoms with Crippen LogP contribution in [0.5, 0.6) is 0 Å². The van der Waals surface area contributed by atoms with E-state index in [0.717, 1.165) is 9.63 Å². The molecular formula is C23H25N5O6S. The number of aromatic nitrogens is 4. The van der Waals surface area contributed by atoms with Crippen LogP contribution in [0.1, 0.15) is 30.8 Å². The zero-order chi connectivity index (χ0) is 24.9. The van der Waals surface area contributed by atoms with E-state index >= 15 is 0 Å². The van der Waals surface area contributed by atoms with Gasteiger partial charge in [0.25, 0.3) is 11.5 Å². The molecule has 1 unspecified atom stereocenters. The van der Waals surface area contributed by atoms with E-state index in [2.05, 4.69) is 4.98 Å². The number of nitrogens with zero attached hydrogens (tertiary/aromatic N) is 5. The lowest BCUT2D eigenvalue weighted by Crippen LogP contribution is -2.39. The lowest BCUT2D eigenvalue weighted by molar-refractivity contribution is -0.171. The van der Waals surface area contributed by atoms with Crippen LogP contribution in [0.15, 0.2) is 39.2 Å². The summed E-state index contributed by atoms with van der Waals surface area (Å²) in [5.41, 5.74) is 0.613. The van der Waals surface area contributed by atoms with Crippen LogP contribution in [-0.2, 0) is 29.8 Å². The van der Waals surface area contributed by atoms with Gasteiger partial charge in [-0.2, -0.15) is 0 Å². The second kappa shape index (κ2) is 9.04. The van der Waals surface area contributed by atoms with E-state index in [-0.39, 0.29) is 24.4 Å². The molecule has 12 heteroatoms. The van der Waals surface area contributed by atoms with Crippen molar-refractivity contribution in [3.8, 4) is 0 Å². The predicted molar refractivity (Wildman–Crippen MR) is 129 cm³/mol. The number of thiophene rings is 1. The molecular weight excluding hydrogens is 474 g/mol. The molecule has 2 N–H and O–H groups in total. The van der Waals surface area contributed by atoms with Crippen molar-refractivity contribution in [2.24, 2.45) is 7.05 Å². The Hall–Kier alpha value is -3.32. The highest BCUT2D eigenvalue weighted by Gasteiger charge is 2.37. The standard InChI is InChI=1S/C23H25N5O6S/c1-3-8-26-22-18(20(31)25(2)23(26)33)14(12-35-22)19(21(32)27-9-13(30)11-34-27)28-16-7-5-4-6-15(16)24-17(28)10-29/h4-7,12-13,19,29-30H,3,8-11H2,1-2H3/t13-,19?/m0/s1. The van der Waals surface area contributed by atoms with Gasteiger partial charge in [0.1, 0.15) is 36.0 Å². The molecule has 4 aromatic rings. The summed E-state index contributed by atoms with van der Waals surface area (Å²) < 4.78 is 4.19. The van der Waals surface area contributed by atoms with E-state index in [0.29, 0.717) is 34.4 Å². The molecule has 35 heavy (non-hydrogen) atoms. The molecule has 4 heterocycles. The summed E-state index contributed by atoms with van der Waals surface area (Å²) in [5.74, 6) is -0.281. The Morgan fingerprint density at radius 2 is 2.09 bits per heavy atom. The second-order valence-corrected chi connectivity index (χ2v) is 9.32. The number of aliphatic hydroxyl groups is 2. The molecule has 1 aromatic carbocycles. The van der Waals surface area contributed by atoms with Gasteiger partial charge in [0.05, 0.1) is 23.0 Å². The van der Waals surface area contributed by atoms with Crippen LogP contribution >= 0.6 is 11.3 Å². The van der Waals surface area contributed by atoms with Crippen LogP contribution in [-0.4, -0.2) is 59.1 Å². The number of carbonyl (C=O) groups excluding carboxylic acids is 1. The molecule has 0 spiro atoms. The van der Waals surface area contributed by atoms with Gasteiger partial charge in [0.2, 0.25) is 0 Å². The van der Waals surface area contributed by atoms with Gasteiger partial charge in [0.15, 0.2) is 0 Å². The molecule has 1 aliphatic rings. The van der Waals surface area contributed by atoms with Crippen molar-refractivity contribution >= 4 is 38.5 Å². The second-order valence-electron chi connectivity index (χ2n) is 8.47. The van der Waals surface area contributed by atoms with E-state index in [9.17, 15) is 24.6 Å². The highest BCUT2D eigenvalue weighted by atomic mass is 32.1. The number of hydrogen-bond acceptors (Lipinski definition) is 8. The Kier molecular flexibility index (Phi) is 6.05. The van der Waals surface area contributed by atoms with Crippen molar-refractivity contribution in [3.63, 3.8) is 0 Å². The quantitative estimate of drug-likeness (QED) is 0.400. The first-order valence-electron chi connectivity index (χ1n) is 11.3. The van der Waals surface area contributed by atoms with Crippen LogP contribution in [0.3, 0.4) is 0 Å². The number of fused-ring (bicyclic) bond motifs is 2. The summed E-state index contributed by atoms with van der Waals surface area (Å²) in [5, 5.41) is 23.1. The number of benzene rings is 1. The first kappa shape index (κ1) is 23.4. The minimum Gasteiger partial charge on any atom is -0.389 e. The number of aryl methyl sites for hydroxylation is 1. The first-order chi connectivity index (χ1) is 16.9. The first-order valence-corrected chi connectivity index (χ1v) is 12.1. The number of para-hydroxylation sites is 2. The van der Waals surface area contributed by atoms with E-state index in [4.69, 9.17) is 4.84 Å². The SMILES string of the molecule is CCCn1c(=O)n(C)c(=O)c2c(C(C(=O)N3C[C@H](O)CO3)n3c(CO)nc4ccccc43)csc21. The fourth-order valence-corrected chi connectivity index (χ4v) is 5.66. The van der Waals surface area contributed by atoms with Crippen molar-refractivity contribution in [1.82, 2.24) is 23.7 Å². The summed E-state index contributed by atoms with van der Waals surface area (Å²) in [7, 11) is 1.42. The fourth-order valence-electron chi connectivity index (χ4n) is 4.56. The van der Waals surface area contributed by atoms with Gasteiger partial charge < -0.3 is 14.8 Å². The van der Waals surface area contributed by atoms with Crippen LogP contribution in [0.25, 0.3) is 21.3 Å². The van der Waals surface area contributed by atoms with Crippen molar-refractivity contribution in [2.75, 3.05) is 13.2 Å². The van der Waals surface area contributed by atoms with Crippen LogP contribution < -0.4 is 11.2 Å². The van der Waals surface area contributed by atoms with Gasteiger partial charge in [0, 0.05) is 19.2 Å². The van der Waals surface area contributed by atoms with Gasteiger partial charge >= 0.3 is 5.69 Å². The summed E-state index contributed by atoms with van der Waals surface area (Å²) in [6, 6.07) is 6.02. The zero-order valence-corrected chi connectivity index (χ0v) is 20.1. The Labute approximate surface area is 203 Å². The average molecular weight is 500 g/mol. The number of rotatable bonds is 6. The smallest absolute Gasteiger partial charge is 0.331 e. The van der Waals surface area contributed by atoms with Crippen LogP contribution in [0, 0.1) is 0 Å². The Balaban J connectivity index is 1.83. The maximum absolute atomic E-state index is 13.9. The fraction of sp³-hybridized carbons (Fsp3) is 0.391. The Morgan fingerprint density at radius 3 is 2.77 bits per heavy atom. The number of hydrogen-bond donors (Lipinski definition) is 2. The van der Waals surface area contributed by atoms with Gasteiger partial charge in [-0.25, -0.2) is 14.8 Å². The number of β-amino-alcohol motifs (C(OH)–C–C–N with tert-alkyl or cyclic N) is 1. The Morgan fingerprint density at radius 1 is 1.31 bits per heavy atom. The minimum absolute atomic E-state index is 0.0296. The summed E-state index contributed by atoms with van der Waals surface area (Å²) in [4.78, 5) is 50.5. The topological polar surface area (TPSA) is 132 Å². The third-order valence-corrected chi connectivity index (χ3v) is 7.19. The predicted octanol–water partition coefficient (Wildman–Crippen LogP) is 0.738. The van der Waals surface area contributed by atoms with Crippen molar-refractivity contribution < 1.29 is 19.8 Å².